The van der Waals surface area contributed by atoms with Crippen LogP contribution in [0, 0.1) is 0 Å². The maximum absolute atomic E-state index is 14.0. The predicted molar refractivity (Wildman–Crippen MR) is 132 cm³/mol. The van der Waals surface area contributed by atoms with Crippen molar-refractivity contribution in [2.45, 2.75) is 82.1 Å². The topological polar surface area (TPSA) is 67.2 Å². The van der Waals surface area contributed by atoms with Crippen LogP contribution in [-0.2, 0) is 11.0 Å². The Morgan fingerprint density at radius 1 is 1.21 bits per heavy atom. The van der Waals surface area contributed by atoms with Crippen LogP contribution in [0.15, 0.2) is 30.5 Å². The summed E-state index contributed by atoms with van der Waals surface area (Å²) < 4.78 is 84.2. The maximum atomic E-state index is 14.0. The van der Waals surface area contributed by atoms with E-state index in [0.29, 0.717) is 19.4 Å². The SMILES string of the molecule is CC(=O)C[C@H](CCN1CCCC(F)(F)C1)NC(=O)c1cn(-c2ccccc2C(F)(F)F)c(C2CCC(F)C2)n1. The smallest absolute Gasteiger partial charge is 0.347 e. The van der Waals surface area contributed by atoms with E-state index in [-0.39, 0.29) is 61.6 Å². The highest BCUT2D eigenvalue weighted by Gasteiger charge is 2.37. The van der Waals surface area contributed by atoms with Gasteiger partial charge in [0.15, 0.2) is 0 Å². The lowest BCUT2D eigenvalue weighted by Crippen LogP contribution is -2.45. The fourth-order valence-corrected chi connectivity index (χ4v) is 5.48. The molecule has 214 valence electrons. The zero-order chi connectivity index (χ0) is 28.4. The lowest BCUT2D eigenvalue weighted by Gasteiger charge is -2.33. The Balaban J connectivity index is 1.58. The number of benzene rings is 1. The Kier molecular flexibility index (Phi) is 8.72. The number of alkyl halides is 6. The summed E-state index contributed by atoms with van der Waals surface area (Å²) in [7, 11) is 0. The number of carbonyl (C=O) groups excluding carboxylic acids is 2. The molecule has 4 rings (SSSR count). The lowest BCUT2D eigenvalue weighted by atomic mass is 10.0. The number of aromatic nitrogens is 2. The Morgan fingerprint density at radius 2 is 1.95 bits per heavy atom. The zero-order valence-electron chi connectivity index (χ0n) is 21.6. The normalized spacial score (nSPS) is 22.5. The average molecular weight is 559 g/mol. The van der Waals surface area contributed by atoms with Crippen LogP contribution in [0.3, 0.4) is 0 Å². The summed E-state index contributed by atoms with van der Waals surface area (Å²) in [6.07, 6.45) is -3.51. The molecule has 1 amide bonds. The monoisotopic (exact) mass is 558 g/mol. The Bertz CT molecular complexity index is 1180. The number of hydrogen-bond donors (Lipinski definition) is 1. The number of para-hydroxylation sites is 1. The highest BCUT2D eigenvalue weighted by molar-refractivity contribution is 5.93. The molecule has 1 aromatic heterocycles. The fraction of sp³-hybridized carbons (Fsp3) is 0.593. The Hall–Kier alpha value is -2.89. The molecule has 6 nitrogen and oxygen atoms in total. The maximum Gasteiger partial charge on any atom is 0.418 e. The van der Waals surface area contributed by atoms with E-state index in [4.69, 9.17) is 0 Å². The molecule has 1 saturated carbocycles. The van der Waals surface area contributed by atoms with Crippen molar-refractivity contribution in [2.75, 3.05) is 19.6 Å². The van der Waals surface area contributed by atoms with Gasteiger partial charge in [-0.25, -0.2) is 18.2 Å². The minimum Gasteiger partial charge on any atom is -0.347 e. The fourth-order valence-electron chi connectivity index (χ4n) is 5.48. The third-order valence-corrected chi connectivity index (χ3v) is 7.30. The molecule has 2 fully saturated rings. The number of Topliss-reactive ketones (excluding diaryl/α,β-unsaturated/α-hetero) is 1. The third-order valence-electron chi connectivity index (χ3n) is 7.30. The van der Waals surface area contributed by atoms with Crippen molar-refractivity contribution < 1.29 is 35.9 Å². The molecule has 0 radical (unpaired) electrons. The van der Waals surface area contributed by atoms with Crippen LogP contribution < -0.4 is 5.32 Å². The first-order valence-corrected chi connectivity index (χ1v) is 13.1. The molecule has 0 spiro atoms. The molecule has 1 aromatic carbocycles. The number of amides is 1. The third kappa shape index (κ3) is 7.40. The molecular formula is C27H32F6N4O2. The molecule has 2 aromatic rings. The molecule has 1 aliphatic heterocycles. The van der Waals surface area contributed by atoms with E-state index in [1.165, 1.54) is 35.9 Å². The number of nitrogens with zero attached hydrogens (tertiary/aromatic N) is 3. The molecule has 2 unspecified atom stereocenters. The first-order valence-electron chi connectivity index (χ1n) is 13.1. The first kappa shape index (κ1) is 29.1. The van der Waals surface area contributed by atoms with Crippen molar-refractivity contribution in [3.05, 3.63) is 47.5 Å². The van der Waals surface area contributed by atoms with Gasteiger partial charge in [-0.05, 0) is 57.7 Å². The minimum atomic E-state index is -4.67. The van der Waals surface area contributed by atoms with Crippen molar-refractivity contribution >= 4 is 11.7 Å². The van der Waals surface area contributed by atoms with Crippen LogP contribution in [-0.4, -0.2) is 63.9 Å². The van der Waals surface area contributed by atoms with Gasteiger partial charge in [0.05, 0.1) is 17.8 Å². The number of rotatable bonds is 9. The van der Waals surface area contributed by atoms with Gasteiger partial charge < -0.3 is 9.88 Å². The van der Waals surface area contributed by atoms with Crippen LogP contribution in [0.2, 0.25) is 0 Å². The Labute approximate surface area is 222 Å². The van der Waals surface area contributed by atoms with E-state index in [2.05, 4.69) is 10.3 Å². The zero-order valence-corrected chi connectivity index (χ0v) is 21.6. The van der Waals surface area contributed by atoms with E-state index in [1.807, 2.05) is 0 Å². The van der Waals surface area contributed by atoms with Crippen LogP contribution in [0.1, 0.15) is 79.7 Å². The van der Waals surface area contributed by atoms with Crippen LogP contribution in [0.25, 0.3) is 5.69 Å². The average Bonchev–Trinajstić information content (AvgIpc) is 3.47. The molecule has 1 aliphatic carbocycles. The van der Waals surface area contributed by atoms with E-state index in [0.717, 1.165) is 6.07 Å². The number of imidazole rings is 1. The molecule has 2 aliphatic rings. The molecule has 1 saturated heterocycles. The summed E-state index contributed by atoms with van der Waals surface area (Å²) in [6, 6.07) is 4.22. The van der Waals surface area contributed by atoms with E-state index >= 15 is 0 Å². The minimum absolute atomic E-state index is 0.0351. The predicted octanol–water partition coefficient (Wildman–Crippen LogP) is 5.70. The van der Waals surface area contributed by atoms with Gasteiger partial charge in [0.2, 0.25) is 0 Å². The quantitative estimate of drug-likeness (QED) is 0.402. The van der Waals surface area contributed by atoms with Gasteiger partial charge in [-0.2, -0.15) is 13.2 Å². The van der Waals surface area contributed by atoms with Crippen molar-refractivity contribution in [2.24, 2.45) is 0 Å². The number of halogens is 6. The van der Waals surface area contributed by atoms with E-state index in [9.17, 15) is 35.9 Å². The number of hydrogen-bond acceptors (Lipinski definition) is 4. The van der Waals surface area contributed by atoms with Crippen molar-refractivity contribution in [3.63, 3.8) is 0 Å². The van der Waals surface area contributed by atoms with Gasteiger partial charge in [-0.15, -0.1) is 0 Å². The number of nitrogens with one attached hydrogen (secondary N) is 1. The number of ketones is 1. The number of carbonyl (C=O) groups is 2. The highest BCUT2D eigenvalue weighted by atomic mass is 19.4. The lowest BCUT2D eigenvalue weighted by molar-refractivity contribution is -0.137. The highest BCUT2D eigenvalue weighted by Crippen LogP contribution is 2.39. The second-order valence-electron chi connectivity index (χ2n) is 10.6. The molecule has 0 bridgehead atoms. The summed E-state index contributed by atoms with van der Waals surface area (Å²) >= 11 is 0. The van der Waals surface area contributed by atoms with Crippen LogP contribution >= 0.6 is 0 Å². The summed E-state index contributed by atoms with van der Waals surface area (Å²) in [4.78, 5) is 31.0. The summed E-state index contributed by atoms with van der Waals surface area (Å²) in [5, 5.41) is 2.72. The van der Waals surface area contributed by atoms with Gasteiger partial charge >= 0.3 is 6.18 Å². The van der Waals surface area contributed by atoms with Gasteiger partial charge in [0, 0.05) is 37.5 Å². The van der Waals surface area contributed by atoms with Crippen LogP contribution in [0.4, 0.5) is 26.3 Å². The standard InChI is InChI=1S/C27H32F6N4O2/c1-17(38)13-20(9-12-36-11-4-10-26(29,30)16-36)34-25(39)22-15-37(24(35-22)18-7-8-19(28)14-18)23-6-3-2-5-21(23)27(31,32)33/h2-3,5-6,15,18-20H,4,7-14,16H2,1H3,(H,34,39)/t18?,19?,20-/m0/s1. The molecule has 39 heavy (non-hydrogen) atoms. The number of piperidine rings is 1. The molecule has 2 heterocycles. The summed E-state index contributed by atoms with van der Waals surface area (Å²) in [5.41, 5.74) is -1.30. The molecule has 3 atom stereocenters. The van der Waals surface area contributed by atoms with Gasteiger partial charge in [-0.1, -0.05) is 12.1 Å². The van der Waals surface area contributed by atoms with Crippen molar-refractivity contribution in [1.82, 2.24) is 19.8 Å². The van der Waals surface area contributed by atoms with Gasteiger partial charge in [0.25, 0.3) is 11.8 Å². The van der Waals surface area contributed by atoms with Gasteiger partial charge in [0.1, 0.15) is 23.5 Å². The van der Waals surface area contributed by atoms with Gasteiger partial charge in [-0.3, -0.25) is 14.5 Å². The largest absolute Gasteiger partial charge is 0.418 e. The summed E-state index contributed by atoms with van der Waals surface area (Å²) in [5.74, 6) is -4.02. The summed E-state index contributed by atoms with van der Waals surface area (Å²) in [6.45, 7) is 1.69. The molecular weight excluding hydrogens is 526 g/mol. The van der Waals surface area contributed by atoms with Crippen LogP contribution in [0.5, 0.6) is 0 Å². The second-order valence-corrected chi connectivity index (χ2v) is 10.6. The first-order chi connectivity index (χ1) is 18.3. The number of likely N-dealkylation sites (tertiary alicyclic amines) is 1. The van der Waals surface area contributed by atoms with E-state index < -0.39 is 48.2 Å². The molecule has 1 N–H and O–H groups in total. The van der Waals surface area contributed by atoms with E-state index in [1.54, 1.807) is 4.90 Å². The second kappa shape index (κ2) is 11.7. The Morgan fingerprint density at radius 3 is 2.59 bits per heavy atom. The van der Waals surface area contributed by atoms with Crippen molar-refractivity contribution in [1.29, 1.82) is 0 Å². The van der Waals surface area contributed by atoms with Crippen molar-refractivity contribution in [3.8, 4) is 5.69 Å². The molecule has 12 heteroatoms.